The smallest absolute Gasteiger partial charge is 0.0356 e. The summed E-state index contributed by atoms with van der Waals surface area (Å²) in [5, 5.41) is 3.72. The van der Waals surface area contributed by atoms with E-state index in [0.29, 0.717) is 0 Å². The van der Waals surface area contributed by atoms with E-state index in [2.05, 4.69) is 46.4 Å². The van der Waals surface area contributed by atoms with Crippen molar-refractivity contribution < 1.29 is 0 Å². The standard InChI is InChI=1S/C14H18BrN/c1-9-4-12(15)8-13(5-9)16-14-7-10-2-3-11(14)6-10/h4-5,8,10-11,14,16H,2-3,6-7H2,1H3. The summed E-state index contributed by atoms with van der Waals surface area (Å²) in [7, 11) is 0. The molecule has 1 aromatic rings. The van der Waals surface area contributed by atoms with Gasteiger partial charge in [-0.05, 0) is 61.8 Å². The highest BCUT2D eigenvalue weighted by Crippen LogP contribution is 2.45. The summed E-state index contributed by atoms with van der Waals surface area (Å²) in [6.07, 6.45) is 5.76. The van der Waals surface area contributed by atoms with E-state index in [1.807, 2.05) is 0 Å². The Balaban J connectivity index is 1.74. The Kier molecular flexibility index (Phi) is 2.70. The molecule has 0 spiro atoms. The molecule has 0 amide bonds. The molecular formula is C14H18BrN. The van der Waals surface area contributed by atoms with Crippen LogP contribution in [0, 0.1) is 18.8 Å². The number of hydrogen-bond donors (Lipinski definition) is 1. The SMILES string of the molecule is Cc1cc(Br)cc(NC2CC3CCC2C3)c1. The third-order valence-electron chi connectivity index (χ3n) is 4.13. The molecule has 86 valence electrons. The van der Waals surface area contributed by atoms with Gasteiger partial charge in [-0.3, -0.25) is 0 Å². The quantitative estimate of drug-likeness (QED) is 0.848. The summed E-state index contributed by atoms with van der Waals surface area (Å²) in [4.78, 5) is 0. The molecular weight excluding hydrogens is 262 g/mol. The molecule has 2 bridgehead atoms. The van der Waals surface area contributed by atoms with Crippen LogP contribution in [0.5, 0.6) is 0 Å². The molecule has 2 aliphatic carbocycles. The number of anilines is 1. The van der Waals surface area contributed by atoms with E-state index in [1.165, 1.54) is 41.4 Å². The van der Waals surface area contributed by atoms with Crippen molar-refractivity contribution in [3.05, 3.63) is 28.2 Å². The molecule has 3 atom stereocenters. The number of rotatable bonds is 2. The summed E-state index contributed by atoms with van der Waals surface area (Å²) >= 11 is 3.56. The molecule has 1 aromatic carbocycles. The van der Waals surface area contributed by atoms with Crippen molar-refractivity contribution in [2.75, 3.05) is 5.32 Å². The highest BCUT2D eigenvalue weighted by atomic mass is 79.9. The average molecular weight is 280 g/mol. The third-order valence-corrected chi connectivity index (χ3v) is 4.59. The first-order valence-corrected chi connectivity index (χ1v) is 7.04. The van der Waals surface area contributed by atoms with Gasteiger partial charge in [0.1, 0.15) is 0 Å². The van der Waals surface area contributed by atoms with Crippen LogP contribution in [-0.2, 0) is 0 Å². The molecule has 1 N–H and O–H groups in total. The first kappa shape index (κ1) is 10.6. The summed E-state index contributed by atoms with van der Waals surface area (Å²) in [6.45, 7) is 2.15. The van der Waals surface area contributed by atoms with Gasteiger partial charge in [-0.1, -0.05) is 22.4 Å². The molecule has 3 unspecified atom stereocenters. The van der Waals surface area contributed by atoms with Crippen molar-refractivity contribution in [3.8, 4) is 0 Å². The fourth-order valence-corrected chi connectivity index (χ4v) is 4.06. The number of fused-ring (bicyclic) bond motifs is 2. The van der Waals surface area contributed by atoms with Gasteiger partial charge in [-0.15, -0.1) is 0 Å². The molecule has 0 heterocycles. The van der Waals surface area contributed by atoms with Gasteiger partial charge in [0.05, 0.1) is 0 Å². The van der Waals surface area contributed by atoms with Crippen LogP contribution in [0.15, 0.2) is 22.7 Å². The fraction of sp³-hybridized carbons (Fsp3) is 0.571. The van der Waals surface area contributed by atoms with Gasteiger partial charge in [0.25, 0.3) is 0 Å². The van der Waals surface area contributed by atoms with Crippen LogP contribution in [0.4, 0.5) is 5.69 Å². The summed E-state index contributed by atoms with van der Waals surface area (Å²) in [5.41, 5.74) is 2.60. The maximum Gasteiger partial charge on any atom is 0.0356 e. The van der Waals surface area contributed by atoms with Gasteiger partial charge in [0.15, 0.2) is 0 Å². The zero-order chi connectivity index (χ0) is 11.1. The van der Waals surface area contributed by atoms with Crippen LogP contribution in [0.1, 0.15) is 31.2 Å². The number of hydrogen-bond acceptors (Lipinski definition) is 1. The maximum atomic E-state index is 3.72. The van der Waals surface area contributed by atoms with Crippen molar-refractivity contribution in [1.29, 1.82) is 0 Å². The van der Waals surface area contributed by atoms with Crippen molar-refractivity contribution in [2.45, 2.75) is 38.6 Å². The van der Waals surface area contributed by atoms with E-state index in [4.69, 9.17) is 0 Å². The molecule has 2 saturated carbocycles. The van der Waals surface area contributed by atoms with Gasteiger partial charge < -0.3 is 5.32 Å². The minimum absolute atomic E-state index is 0.729. The van der Waals surface area contributed by atoms with Crippen LogP contribution in [0.3, 0.4) is 0 Å². The van der Waals surface area contributed by atoms with Gasteiger partial charge in [0, 0.05) is 16.2 Å². The molecule has 2 aliphatic rings. The zero-order valence-corrected chi connectivity index (χ0v) is 11.3. The number of aryl methyl sites for hydroxylation is 1. The molecule has 16 heavy (non-hydrogen) atoms. The van der Waals surface area contributed by atoms with Gasteiger partial charge >= 0.3 is 0 Å². The Hall–Kier alpha value is -0.500. The second-order valence-corrected chi connectivity index (χ2v) is 6.36. The van der Waals surface area contributed by atoms with E-state index in [9.17, 15) is 0 Å². The van der Waals surface area contributed by atoms with Gasteiger partial charge in [-0.2, -0.15) is 0 Å². The van der Waals surface area contributed by atoms with Gasteiger partial charge in [0.2, 0.25) is 0 Å². The third kappa shape index (κ3) is 2.00. The first-order valence-electron chi connectivity index (χ1n) is 6.24. The minimum atomic E-state index is 0.729. The Morgan fingerprint density at radius 1 is 1.19 bits per heavy atom. The van der Waals surface area contributed by atoms with Crippen molar-refractivity contribution in [3.63, 3.8) is 0 Å². The lowest BCUT2D eigenvalue weighted by Crippen LogP contribution is -2.25. The van der Waals surface area contributed by atoms with Crippen LogP contribution in [0.2, 0.25) is 0 Å². The number of nitrogens with one attached hydrogen (secondary N) is 1. The number of benzene rings is 1. The van der Waals surface area contributed by atoms with Crippen molar-refractivity contribution in [2.24, 2.45) is 11.8 Å². The van der Waals surface area contributed by atoms with Crippen LogP contribution < -0.4 is 5.32 Å². The highest BCUT2D eigenvalue weighted by molar-refractivity contribution is 9.10. The van der Waals surface area contributed by atoms with Gasteiger partial charge in [-0.25, -0.2) is 0 Å². The Morgan fingerprint density at radius 2 is 2.06 bits per heavy atom. The van der Waals surface area contributed by atoms with Crippen molar-refractivity contribution in [1.82, 2.24) is 0 Å². The zero-order valence-electron chi connectivity index (χ0n) is 9.67. The highest BCUT2D eigenvalue weighted by Gasteiger charge is 2.39. The second kappa shape index (κ2) is 4.06. The topological polar surface area (TPSA) is 12.0 Å². The Bertz CT molecular complexity index is 381. The van der Waals surface area contributed by atoms with Crippen LogP contribution in [0.25, 0.3) is 0 Å². The second-order valence-electron chi connectivity index (χ2n) is 5.44. The van der Waals surface area contributed by atoms with E-state index in [-0.39, 0.29) is 0 Å². The predicted molar refractivity (Wildman–Crippen MR) is 71.7 cm³/mol. The molecule has 2 heteroatoms. The summed E-state index contributed by atoms with van der Waals surface area (Å²) in [6, 6.07) is 7.33. The average Bonchev–Trinajstić information content (AvgIpc) is 2.77. The Morgan fingerprint density at radius 3 is 2.69 bits per heavy atom. The monoisotopic (exact) mass is 279 g/mol. The molecule has 2 fully saturated rings. The summed E-state index contributed by atoms with van der Waals surface area (Å²) in [5.74, 6) is 1.94. The largest absolute Gasteiger partial charge is 0.382 e. The molecule has 3 rings (SSSR count). The fourth-order valence-electron chi connectivity index (χ4n) is 3.46. The molecule has 0 radical (unpaired) electrons. The molecule has 1 nitrogen and oxygen atoms in total. The van der Waals surface area contributed by atoms with Crippen LogP contribution >= 0.6 is 15.9 Å². The number of halogens is 1. The molecule has 0 aliphatic heterocycles. The molecule has 0 aromatic heterocycles. The van der Waals surface area contributed by atoms with E-state index >= 15 is 0 Å². The minimum Gasteiger partial charge on any atom is -0.382 e. The molecule has 0 saturated heterocycles. The lowest BCUT2D eigenvalue weighted by Gasteiger charge is -2.24. The van der Waals surface area contributed by atoms with Crippen LogP contribution in [-0.4, -0.2) is 6.04 Å². The Labute approximate surface area is 106 Å². The van der Waals surface area contributed by atoms with Crippen molar-refractivity contribution >= 4 is 21.6 Å². The lowest BCUT2D eigenvalue weighted by atomic mass is 9.95. The normalized spacial score (nSPS) is 32.0. The van der Waals surface area contributed by atoms with E-state index in [0.717, 1.165) is 17.9 Å². The lowest BCUT2D eigenvalue weighted by molar-refractivity contribution is 0.440. The van der Waals surface area contributed by atoms with E-state index in [1.54, 1.807) is 0 Å². The predicted octanol–water partition coefficient (Wildman–Crippen LogP) is 4.36. The maximum absolute atomic E-state index is 3.72. The first-order chi connectivity index (χ1) is 7.70. The summed E-state index contributed by atoms with van der Waals surface area (Å²) < 4.78 is 1.18. The van der Waals surface area contributed by atoms with E-state index < -0.39 is 0 Å².